The minimum atomic E-state index is -0.451. The average molecular weight is 271 g/mol. The molecule has 0 aliphatic carbocycles. The Hall–Kier alpha value is -1.24. The minimum Gasteiger partial charge on any atom is -0.355 e. The molecule has 18 heavy (non-hydrogen) atoms. The summed E-state index contributed by atoms with van der Waals surface area (Å²) in [6.07, 6.45) is 0.921. The summed E-state index contributed by atoms with van der Waals surface area (Å²) in [6.45, 7) is 2.41. The predicted octanol–water partition coefficient (Wildman–Crippen LogP) is -0.697. The number of hydrogen-bond acceptors (Lipinski definition) is 4. The molecule has 0 spiro atoms. The van der Waals surface area contributed by atoms with Gasteiger partial charge in [-0.2, -0.15) is 0 Å². The smallest absolute Gasteiger partial charge is 0.246 e. The molecule has 0 aromatic carbocycles. The van der Waals surface area contributed by atoms with Crippen LogP contribution in [-0.4, -0.2) is 52.9 Å². The quantitative estimate of drug-likeness (QED) is 0.711. The first-order valence-electron chi connectivity index (χ1n) is 6.08. The summed E-state index contributed by atoms with van der Waals surface area (Å²) in [7, 11) is 0. The van der Waals surface area contributed by atoms with Gasteiger partial charge in [0.05, 0.1) is 5.88 Å². The van der Waals surface area contributed by atoms with Gasteiger partial charge >= 0.3 is 0 Å². The van der Waals surface area contributed by atoms with Gasteiger partial charge < -0.3 is 15.5 Å². The van der Waals surface area contributed by atoms with Crippen molar-refractivity contribution in [3.63, 3.8) is 0 Å². The number of rotatable bonds is 3. The Kier molecular flexibility index (Phi) is 4.11. The number of nitrogens with one attached hydrogen (secondary N) is 2. The predicted molar refractivity (Wildman–Crippen MR) is 67.8 cm³/mol. The van der Waals surface area contributed by atoms with Gasteiger partial charge in [0.15, 0.2) is 0 Å². The van der Waals surface area contributed by atoms with E-state index in [9.17, 15) is 14.4 Å². The van der Waals surface area contributed by atoms with Crippen LogP contribution in [0.25, 0.3) is 0 Å². The highest BCUT2D eigenvalue weighted by atomic mass is 32.2. The molecule has 2 heterocycles. The number of hydrogen-bond donors (Lipinski definition) is 2. The van der Waals surface area contributed by atoms with E-state index >= 15 is 0 Å². The molecule has 100 valence electrons. The highest BCUT2D eigenvalue weighted by Gasteiger charge is 2.39. The van der Waals surface area contributed by atoms with Crippen molar-refractivity contribution in [1.29, 1.82) is 0 Å². The zero-order chi connectivity index (χ0) is 13.1. The van der Waals surface area contributed by atoms with E-state index < -0.39 is 12.1 Å². The Morgan fingerprint density at radius 2 is 2.33 bits per heavy atom. The topological polar surface area (TPSA) is 78.5 Å². The van der Waals surface area contributed by atoms with E-state index in [0.717, 1.165) is 0 Å². The van der Waals surface area contributed by atoms with Crippen molar-refractivity contribution in [3.05, 3.63) is 0 Å². The molecule has 2 atom stereocenters. The van der Waals surface area contributed by atoms with Gasteiger partial charge in [0, 0.05) is 18.7 Å². The molecule has 0 saturated carbocycles. The molecule has 0 radical (unpaired) electrons. The second-order valence-electron chi connectivity index (χ2n) is 4.38. The molecule has 7 heteroatoms. The summed E-state index contributed by atoms with van der Waals surface area (Å²) >= 11 is 1.56. The molecule has 3 amide bonds. The van der Waals surface area contributed by atoms with Crippen LogP contribution < -0.4 is 10.6 Å². The largest absolute Gasteiger partial charge is 0.355 e. The number of carbonyl (C=O) groups is 3. The molecule has 0 aromatic heterocycles. The lowest BCUT2D eigenvalue weighted by atomic mass is 10.1. The fourth-order valence-corrected chi connectivity index (χ4v) is 3.33. The second kappa shape index (κ2) is 5.60. The SMILES string of the molecule is CCNC(=O)C1CSCN1C(=O)[C@@H]1CCC(=O)N1. The van der Waals surface area contributed by atoms with Crippen LogP contribution in [0.1, 0.15) is 19.8 Å². The third-order valence-electron chi connectivity index (χ3n) is 3.11. The van der Waals surface area contributed by atoms with E-state index in [1.54, 1.807) is 16.7 Å². The molecular weight excluding hydrogens is 254 g/mol. The fourth-order valence-electron chi connectivity index (χ4n) is 2.17. The van der Waals surface area contributed by atoms with Crippen LogP contribution in [0, 0.1) is 0 Å². The van der Waals surface area contributed by atoms with Crippen molar-refractivity contribution in [2.75, 3.05) is 18.2 Å². The maximum Gasteiger partial charge on any atom is 0.246 e. The maximum atomic E-state index is 12.2. The molecule has 0 bridgehead atoms. The van der Waals surface area contributed by atoms with E-state index in [4.69, 9.17) is 0 Å². The van der Waals surface area contributed by atoms with Crippen molar-refractivity contribution >= 4 is 29.5 Å². The van der Waals surface area contributed by atoms with E-state index in [1.165, 1.54) is 0 Å². The van der Waals surface area contributed by atoms with Crippen LogP contribution in [-0.2, 0) is 14.4 Å². The molecule has 0 aromatic rings. The van der Waals surface area contributed by atoms with Gasteiger partial charge in [-0.05, 0) is 13.3 Å². The van der Waals surface area contributed by atoms with Crippen molar-refractivity contribution in [3.8, 4) is 0 Å². The molecule has 2 saturated heterocycles. The molecule has 2 N–H and O–H groups in total. The van der Waals surface area contributed by atoms with Crippen molar-refractivity contribution in [2.24, 2.45) is 0 Å². The Morgan fingerprint density at radius 1 is 1.56 bits per heavy atom. The van der Waals surface area contributed by atoms with Gasteiger partial charge in [-0.25, -0.2) is 0 Å². The van der Waals surface area contributed by atoms with Gasteiger partial charge in [0.1, 0.15) is 12.1 Å². The Labute approximate surface area is 110 Å². The standard InChI is InChI=1S/C11H17N3O3S/c1-2-12-10(16)8-5-18-6-14(8)11(17)7-3-4-9(15)13-7/h7-8H,2-6H2,1H3,(H,12,16)(H,13,15)/t7-,8?/m0/s1. The average Bonchev–Trinajstić information content (AvgIpc) is 2.96. The molecule has 2 aliphatic heterocycles. The molecule has 1 unspecified atom stereocenters. The fraction of sp³-hybridized carbons (Fsp3) is 0.727. The van der Waals surface area contributed by atoms with Crippen molar-refractivity contribution in [2.45, 2.75) is 31.8 Å². The minimum absolute atomic E-state index is 0.0882. The van der Waals surface area contributed by atoms with Crippen molar-refractivity contribution < 1.29 is 14.4 Å². The van der Waals surface area contributed by atoms with E-state index in [2.05, 4.69) is 10.6 Å². The zero-order valence-corrected chi connectivity index (χ0v) is 11.1. The van der Waals surface area contributed by atoms with Crippen LogP contribution >= 0.6 is 11.8 Å². The van der Waals surface area contributed by atoms with Crippen LogP contribution in [0.15, 0.2) is 0 Å². The van der Waals surface area contributed by atoms with Gasteiger partial charge in [-0.1, -0.05) is 0 Å². The van der Waals surface area contributed by atoms with Crippen molar-refractivity contribution in [1.82, 2.24) is 15.5 Å². The Morgan fingerprint density at radius 3 is 2.94 bits per heavy atom. The lowest BCUT2D eigenvalue weighted by molar-refractivity contribution is -0.139. The van der Waals surface area contributed by atoms with Crippen LogP contribution in [0.3, 0.4) is 0 Å². The summed E-state index contributed by atoms with van der Waals surface area (Å²) in [5.74, 6) is 0.808. The summed E-state index contributed by atoms with van der Waals surface area (Å²) in [6, 6.07) is -0.854. The lowest BCUT2D eigenvalue weighted by Gasteiger charge is -2.25. The lowest BCUT2D eigenvalue weighted by Crippen LogP contribution is -2.52. The summed E-state index contributed by atoms with van der Waals surface area (Å²) in [5.41, 5.74) is 0. The molecule has 6 nitrogen and oxygen atoms in total. The summed E-state index contributed by atoms with van der Waals surface area (Å²) < 4.78 is 0. The molecular formula is C11H17N3O3S. The highest BCUT2D eigenvalue weighted by molar-refractivity contribution is 7.99. The van der Waals surface area contributed by atoms with E-state index in [0.29, 0.717) is 31.0 Å². The number of likely N-dealkylation sites (N-methyl/N-ethyl adjacent to an activating group) is 1. The number of carbonyl (C=O) groups excluding carboxylic acids is 3. The van der Waals surface area contributed by atoms with Gasteiger partial charge in [-0.3, -0.25) is 14.4 Å². The number of nitrogens with zero attached hydrogens (tertiary/aromatic N) is 1. The van der Waals surface area contributed by atoms with Crippen LogP contribution in [0.2, 0.25) is 0 Å². The molecule has 2 fully saturated rings. The van der Waals surface area contributed by atoms with Crippen LogP contribution in [0.4, 0.5) is 0 Å². The monoisotopic (exact) mass is 271 g/mol. The van der Waals surface area contributed by atoms with E-state index in [1.807, 2.05) is 6.92 Å². The highest BCUT2D eigenvalue weighted by Crippen LogP contribution is 2.23. The first kappa shape index (κ1) is 13.2. The normalized spacial score (nSPS) is 27.2. The first-order chi connectivity index (χ1) is 8.63. The first-order valence-corrected chi connectivity index (χ1v) is 7.24. The Bertz CT molecular complexity index is 375. The summed E-state index contributed by atoms with van der Waals surface area (Å²) in [4.78, 5) is 36.8. The Balaban J connectivity index is 2.00. The third-order valence-corrected chi connectivity index (χ3v) is 4.12. The third kappa shape index (κ3) is 2.60. The zero-order valence-electron chi connectivity index (χ0n) is 10.3. The molecule has 2 aliphatic rings. The second-order valence-corrected chi connectivity index (χ2v) is 5.38. The number of thioether (sulfide) groups is 1. The van der Waals surface area contributed by atoms with Gasteiger partial charge in [0.2, 0.25) is 17.7 Å². The maximum absolute atomic E-state index is 12.2. The molecule has 2 rings (SSSR count). The van der Waals surface area contributed by atoms with Crippen LogP contribution in [0.5, 0.6) is 0 Å². The van der Waals surface area contributed by atoms with E-state index in [-0.39, 0.29) is 17.7 Å². The van der Waals surface area contributed by atoms with Gasteiger partial charge in [0.25, 0.3) is 0 Å². The summed E-state index contributed by atoms with van der Waals surface area (Å²) in [5, 5.41) is 5.39. The van der Waals surface area contributed by atoms with Gasteiger partial charge in [-0.15, -0.1) is 11.8 Å². The number of amides is 3.